The highest BCUT2D eigenvalue weighted by Crippen LogP contribution is 2.37. The van der Waals surface area contributed by atoms with Crippen LogP contribution in [0.15, 0.2) is 0 Å². The fraction of sp³-hybridized carbons (Fsp3) is 0.947. The summed E-state index contributed by atoms with van der Waals surface area (Å²) in [6, 6.07) is 0. The van der Waals surface area contributed by atoms with Crippen LogP contribution in [-0.2, 0) is 38.0 Å². The van der Waals surface area contributed by atoms with Gasteiger partial charge in [-0.25, -0.2) is 0 Å². The third-order valence-electron chi connectivity index (χ3n) is 4.49. The summed E-state index contributed by atoms with van der Waals surface area (Å²) in [6.07, 6.45) is -2.22. The average molecular weight is 388 g/mol. The maximum absolute atomic E-state index is 12.2. The Hall–Kier alpha value is -0.770. The molecule has 0 N–H and O–H groups in total. The van der Waals surface area contributed by atoms with E-state index in [1.807, 2.05) is 48.5 Å². The van der Waals surface area contributed by atoms with E-state index in [4.69, 9.17) is 33.2 Å². The molecule has 3 aliphatic rings. The molecule has 3 aliphatic heterocycles. The number of hydrogen-bond acceptors (Lipinski definition) is 8. The maximum Gasteiger partial charge on any atom is 0.311 e. The Balaban J connectivity index is 1.68. The highest BCUT2D eigenvalue weighted by atomic mass is 16.8. The zero-order valence-corrected chi connectivity index (χ0v) is 17.3. The first kappa shape index (κ1) is 21.0. The lowest BCUT2D eigenvalue weighted by Gasteiger charge is -2.27. The Morgan fingerprint density at radius 2 is 1.37 bits per heavy atom. The van der Waals surface area contributed by atoms with Gasteiger partial charge in [0.25, 0.3) is 0 Å². The molecule has 8 nitrogen and oxygen atoms in total. The summed E-state index contributed by atoms with van der Waals surface area (Å²) in [5, 5.41) is 0. The molecule has 0 aromatic heterocycles. The smallest absolute Gasteiger partial charge is 0.311 e. The molecule has 0 aromatic carbocycles. The van der Waals surface area contributed by atoms with Crippen LogP contribution in [-0.4, -0.2) is 67.1 Å². The van der Waals surface area contributed by atoms with Crippen LogP contribution in [0.2, 0.25) is 0 Å². The van der Waals surface area contributed by atoms with E-state index in [1.165, 1.54) is 0 Å². The highest BCUT2D eigenvalue weighted by molar-refractivity contribution is 5.70. The van der Waals surface area contributed by atoms with E-state index >= 15 is 0 Å². The van der Waals surface area contributed by atoms with Crippen molar-refractivity contribution in [3.8, 4) is 0 Å². The van der Waals surface area contributed by atoms with E-state index in [2.05, 4.69) is 0 Å². The lowest BCUT2D eigenvalue weighted by Crippen LogP contribution is -2.45. The lowest BCUT2D eigenvalue weighted by molar-refractivity contribution is -0.170. The Morgan fingerprint density at radius 3 is 1.70 bits per heavy atom. The highest BCUT2D eigenvalue weighted by Gasteiger charge is 2.53. The fourth-order valence-corrected chi connectivity index (χ4v) is 3.51. The summed E-state index contributed by atoms with van der Waals surface area (Å²) in [6.45, 7) is 13.7. The largest absolute Gasteiger partial charge is 0.460 e. The topological polar surface area (TPSA) is 81.7 Å². The second-order valence-electron chi connectivity index (χ2n) is 9.16. The molecular formula is C19H32O8. The third-order valence-corrected chi connectivity index (χ3v) is 4.49. The molecule has 156 valence electrons. The molecule has 3 rings (SSSR count). The van der Waals surface area contributed by atoms with E-state index < -0.39 is 35.7 Å². The van der Waals surface area contributed by atoms with Gasteiger partial charge in [0.1, 0.15) is 30.0 Å². The van der Waals surface area contributed by atoms with Crippen LogP contribution in [0.1, 0.15) is 54.9 Å². The van der Waals surface area contributed by atoms with Gasteiger partial charge in [0.2, 0.25) is 0 Å². The second kappa shape index (κ2) is 7.24. The van der Waals surface area contributed by atoms with Crippen LogP contribution in [0.3, 0.4) is 0 Å². The van der Waals surface area contributed by atoms with Crippen molar-refractivity contribution in [3.63, 3.8) is 0 Å². The van der Waals surface area contributed by atoms with Gasteiger partial charge in [-0.05, 0) is 48.5 Å². The first-order chi connectivity index (χ1) is 12.3. The minimum absolute atomic E-state index is 0.00178. The van der Waals surface area contributed by atoms with Crippen LogP contribution >= 0.6 is 0 Å². The van der Waals surface area contributed by atoms with Crippen LogP contribution < -0.4 is 0 Å². The molecule has 0 amide bonds. The van der Waals surface area contributed by atoms with Crippen LogP contribution in [0.4, 0.5) is 0 Å². The Morgan fingerprint density at radius 1 is 0.926 bits per heavy atom. The molecule has 3 heterocycles. The van der Waals surface area contributed by atoms with Crippen molar-refractivity contribution in [2.24, 2.45) is 0 Å². The number of esters is 1. The van der Waals surface area contributed by atoms with Gasteiger partial charge in [-0.15, -0.1) is 0 Å². The van der Waals surface area contributed by atoms with E-state index in [1.54, 1.807) is 0 Å². The van der Waals surface area contributed by atoms with Crippen molar-refractivity contribution in [2.75, 3.05) is 13.2 Å². The van der Waals surface area contributed by atoms with Crippen LogP contribution in [0.5, 0.6) is 0 Å². The quantitative estimate of drug-likeness (QED) is 0.678. The van der Waals surface area contributed by atoms with E-state index in [0.717, 1.165) is 0 Å². The number of carbonyl (C=O) groups excluding carboxylic acids is 1. The monoisotopic (exact) mass is 388 g/mol. The average Bonchev–Trinajstić information content (AvgIpc) is 3.13. The molecular weight excluding hydrogens is 356 g/mol. The number of hydrogen-bond donors (Lipinski definition) is 0. The minimum atomic E-state index is -0.727. The molecule has 27 heavy (non-hydrogen) atoms. The SMILES string of the molecule is CC(C)(C)OC(=O)CC1O[C@H]([C@H]2COC(C)(C)O2)[C@@H]([C@H]2COC(C)(C)O2)O1. The molecule has 0 aromatic rings. The summed E-state index contributed by atoms with van der Waals surface area (Å²) in [4.78, 5) is 12.2. The molecule has 8 heteroatoms. The number of carbonyl (C=O) groups is 1. The van der Waals surface area contributed by atoms with Gasteiger partial charge in [0, 0.05) is 0 Å². The van der Waals surface area contributed by atoms with Crippen molar-refractivity contribution in [1.29, 1.82) is 0 Å². The minimum Gasteiger partial charge on any atom is -0.460 e. The van der Waals surface area contributed by atoms with Gasteiger partial charge in [-0.3, -0.25) is 4.79 Å². The van der Waals surface area contributed by atoms with Crippen molar-refractivity contribution >= 4 is 5.97 Å². The zero-order valence-electron chi connectivity index (χ0n) is 17.3. The molecule has 3 fully saturated rings. The molecule has 0 aliphatic carbocycles. The molecule has 0 saturated carbocycles. The standard InChI is InChI=1S/C19H32O8/c1-17(2,3)27-13(20)8-14-23-15(11-9-21-18(4,5)25-11)16(24-14)12-10-22-19(6,7)26-12/h11-12,14-16H,8-10H2,1-7H3/t11-,12-,15-,16-/m1/s1. The fourth-order valence-electron chi connectivity index (χ4n) is 3.51. The van der Waals surface area contributed by atoms with Gasteiger partial charge >= 0.3 is 5.97 Å². The normalized spacial score (nSPS) is 38.3. The van der Waals surface area contributed by atoms with Gasteiger partial charge in [-0.1, -0.05) is 0 Å². The molecule has 3 saturated heterocycles. The molecule has 0 bridgehead atoms. The van der Waals surface area contributed by atoms with Crippen LogP contribution in [0, 0.1) is 0 Å². The predicted octanol–water partition coefficient (Wildman–Crippen LogP) is 2.13. The molecule has 0 unspecified atom stereocenters. The molecule has 0 radical (unpaired) electrons. The number of rotatable bonds is 4. The maximum atomic E-state index is 12.2. The first-order valence-electron chi connectivity index (χ1n) is 9.50. The number of ether oxygens (including phenoxy) is 7. The van der Waals surface area contributed by atoms with Gasteiger partial charge in [-0.2, -0.15) is 0 Å². The van der Waals surface area contributed by atoms with Crippen molar-refractivity contribution < 1.29 is 38.0 Å². The van der Waals surface area contributed by atoms with E-state index in [-0.39, 0.29) is 24.6 Å². The summed E-state index contributed by atoms with van der Waals surface area (Å²) >= 11 is 0. The third kappa shape index (κ3) is 5.40. The Kier molecular flexibility index (Phi) is 5.62. The summed E-state index contributed by atoms with van der Waals surface area (Å²) in [5.41, 5.74) is -0.562. The van der Waals surface area contributed by atoms with Crippen LogP contribution in [0.25, 0.3) is 0 Å². The molecule has 0 spiro atoms. The van der Waals surface area contributed by atoms with E-state index in [9.17, 15) is 4.79 Å². The molecule has 4 atom stereocenters. The summed E-state index contributed by atoms with van der Waals surface area (Å²) in [7, 11) is 0. The van der Waals surface area contributed by atoms with Gasteiger partial charge in [0.05, 0.1) is 19.6 Å². The first-order valence-corrected chi connectivity index (χ1v) is 9.50. The Bertz CT molecular complexity index is 518. The van der Waals surface area contributed by atoms with Gasteiger partial charge in [0.15, 0.2) is 17.9 Å². The van der Waals surface area contributed by atoms with Crippen molar-refractivity contribution in [2.45, 2.75) is 103 Å². The zero-order chi connectivity index (χ0) is 20.0. The van der Waals surface area contributed by atoms with E-state index in [0.29, 0.717) is 13.2 Å². The lowest BCUT2D eigenvalue weighted by atomic mass is 10.0. The summed E-state index contributed by atoms with van der Waals surface area (Å²) in [5.74, 6) is -1.75. The summed E-state index contributed by atoms with van der Waals surface area (Å²) < 4.78 is 40.8. The second-order valence-corrected chi connectivity index (χ2v) is 9.16. The predicted molar refractivity (Wildman–Crippen MR) is 93.8 cm³/mol. The Labute approximate surface area is 160 Å². The van der Waals surface area contributed by atoms with Crippen molar-refractivity contribution in [1.82, 2.24) is 0 Å². The van der Waals surface area contributed by atoms with Gasteiger partial charge < -0.3 is 33.2 Å². The van der Waals surface area contributed by atoms with Crippen molar-refractivity contribution in [3.05, 3.63) is 0 Å².